The van der Waals surface area contributed by atoms with Gasteiger partial charge in [0, 0.05) is 7.05 Å². The molecule has 0 amide bonds. The van der Waals surface area contributed by atoms with E-state index in [-0.39, 0.29) is 23.6 Å². The molecule has 0 aromatic heterocycles. The van der Waals surface area contributed by atoms with E-state index in [1.807, 2.05) is 18.2 Å². The highest BCUT2D eigenvalue weighted by Gasteiger charge is 2.29. The summed E-state index contributed by atoms with van der Waals surface area (Å²) < 4.78 is 38.0. The van der Waals surface area contributed by atoms with Crippen molar-refractivity contribution in [2.75, 3.05) is 20.2 Å². The zero-order valence-corrected chi connectivity index (χ0v) is 13.9. The van der Waals surface area contributed by atoms with Crippen molar-refractivity contribution >= 4 is 10.0 Å². The molecule has 1 atom stereocenters. The Bertz CT molecular complexity index is 889. The molecular formula is C17H16N2O4S. The fraction of sp³-hybridized carbons (Fsp3) is 0.235. The van der Waals surface area contributed by atoms with Gasteiger partial charge in [-0.05, 0) is 24.3 Å². The average Bonchev–Trinajstić information content (AvgIpc) is 2.61. The molecule has 0 bridgehead atoms. The molecule has 0 aliphatic carbocycles. The largest absolute Gasteiger partial charge is 0.486 e. The Morgan fingerprint density at radius 2 is 1.83 bits per heavy atom. The second-order valence-electron chi connectivity index (χ2n) is 5.39. The zero-order valence-electron chi connectivity index (χ0n) is 13.0. The van der Waals surface area contributed by atoms with Gasteiger partial charge in [-0.3, -0.25) is 0 Å². The Kier molecular flexibility index (Phi) is 4.42. The molecule has 0 saturated carbocycles. The molecule has 0 fully saturated rings. The molecule has 3 rings (SSSR count). The molecule has 7 heteroatoms. The molecule has 1 aliphatic heterocycles. The van der Waals surface area contributed by atoms with E-state index >= 15 is 0 Å². The van der Waals surface area contributed by atoms with E-state index in [9.17, 15) is 8.42 Å². The Hall–Kier alpha value is -2.56. The summed E-state index contributed by atoms with van der Waals surface area (Å²) in [5, 5.41) is 9.12. The monoisotopic (exact) mass is 344 g/mol. The number of likely N-dealkylation sites (N-methyl/N-ethyl adjacent to an activating group) is 1. The minimum atomic E-state index is -3.78. The fourth-order valence-corrected chi connectivity index (χ4v) is 3.83. The molecule has 0 unspecified atom stereocenters. The first-order valence-electron chi connectivity index (χ1n) is 7.36. The van der Waals surface area contributed by atoms with Crippen molar-refractivity contribution in [1.82, 2.24) is 4.31 Å². The number of sulfonamides is 1. The Balaban J connectivity index is 1.78. The van der Waals surface area contributed by atoms with Gasteiger partial charge in [-0.1, -0.05) is 24.3 Å². The predicted octanol–water partition coefficient (Wildman–Crippen LogP) is 2.02. The van der Waals surface area contributed by atoms with Crippen LogP contribution in [0, 0.1) is 11.3 Å². The van der Waals surface area contributed by atoms with Crippen LogP contribution in [0.5, 0.6) is 11.5 Å². The highest BCUT2D eigenvalue weighted by atomic mass is 32.2. The van der Waals surface area contributed by atoms with Gasteiger partial charge < -0.3 is 9.47 Å². The maximum atomic E-state index is 12.7. The van der Waals surface area contributed by atoms with Gasteiger partial charge >= 0.3 is 0 Å². The number of hydrogen-bond acceptors (Lipinski definition) is 5. The molecule has 6 nitrogen and oxygen atoms in total. The van der Waals surface area contributed by atoms with Crippen LogP contribution in [0.15, 0.2) is 53.4 Å². The summed E-state index contributed by atoms with van der Waals surface area (Å²) in [6.07, 6.45) is -0.422. The molecule has 1 aliphatic rings. The molecule has 0 spiro atoms. The van der Waals surface area contributed by atoms with Crippen LogP contribution in [0.4, 0.5) is 0 Å². The van der Waals surface area contributed by atoms with Crippen molar-refractivity contribution in [1.29, 1.82) is 5.26 Å². The quantitative estimate of drug-likeness (QED) is 0.848. The van der Waals surface area contributed by atoms with Crippen LogP contribution in [0.3, 0.4) is 0 Å². The normalized spacial score (nSPS) is 16.6. The van der Waals surface area contributed by atoms with Gasteiger partial charge in [0.15, 0.2) is 11.5 Å². The number of hydrogen-bond donors (Lipinski definition) is 0. The number of fused-ring (bicyclic) bond motifs is 1. The second kappa shape index (κ2) is 6.51. The summed E-state index contributed by atoms with van der Waals surface area (Å²) in [6.45, 7) is 0.382. The van der Waals surface area contributed by atoms with E-state index in [1.165, 1.54) is 23.5 Å². The fourth-order valence-electron chi connectivity index (χ4n) is 2.49. The Labute approximate surface area is 140 Å². The van der Waals surface area contributed by atoms with Gasteiger partial charge in [-0.15, -0.1) is 0 Å². The zero-order chi connectivity index (χ0) is 17.2. The highest BCUT2D eigenvalue weighted by molar-refractivity contribution is 7.89. The third-order valence-electron chi connectivity index (χ3n) is 3.72. The summed E-state index contributed by atoms with van der Waals surface area (Å²) in [5.74, 6) is 1.24. The van der Waals surface area contributed by atoms with Crippen molar-refractivity contribution < 1.29 is 17.9 Å². The van der Waals surface area contributed by atoms with Crippen molar-refractivity contribution in [3.63, 3.8) is 0 Å². The molecule has 0 saturated heterocycles. The minimum Gasteiger partial charge on any atom is -0.486 e. The maximum Gasteiger partial charge on any atom is 0.244 e. The van der Waals surface area contributed by atoms with E-state index in [1.54, 1.807) is 24.3 Å². The lowest BCUT2D eigenvalue weighted by Gasteiger charge is -2.29. The van der Waals surface area contributed by atoms with Crippen molar-refractivity contribution in [3.05, 3.63) is 54.1 Å². The molecular weight excluding hydrogens is 328 g/mol. The maximum absolute atomic E-state index is 12.7. The van der Waals surface area contributed by atoms with Crippen LogP contribution in [0.1, 0.15) is 5.56 Å². The number of benzene rings is 2. The Morgan fingerprint density at radius 3 is 2.58 bits per heavy atom. The lowest BCUT2D eigenvalue weighted by molar-refractivity contribution is 0.0798. The summed E-state index contributed by atoms with van der Waals surface area (Å²) in [4.78, 5) is -0.00729. The van der Waals surface area contributed by atoms with Crippen molar-refractivity contribution in [3.8, 4) is 17.6 Å². The number of para-hydroxylation sites is 2. The van der Waals surface area contributed by atoms with Gasteiger partial charge in [-0.25, -0.2) is 8.42 Å². The predicted molar refractivity (Wildman–Crippen MR) is 87.3 cm³/mol. The number of nitrogens with zero attached hydrogens (tertiary/aromatic N) is 2. The van der Waals surface area contributed by atoms with Crippen LogP contribution in [-0.4, -0.2) is 39.0 Å². The van der Waals surface area contributed by atoms with E-state index in [0.29, 0.717) is 11.5 Å². The molecule has 0 N–H and O–H groups in total. The average molecular weight is 344 g/mol. The molecule has 2 aromatic carbocycles. The van der Waals surface area contributed by atoms with Gasteiger partial charge in [0.05, 0.1) is 17.0 Å². The van der Waals surface area contributed by atoms with Gasteiger partial charge in [-0.2, -0.15) is 9.57 Å². The molecule has 124 valence electrons. The first-order chi connectivity index (χ1) is 11.5. The van der Waals surface area contributed by atoms with Crippen molar-refractivity contribution in [2.24, 2.45) is 0 Å². The lowest BCUT2D eigenvalue weighted by Crippen LogP contribution is -2.41. The first-order valence-corrected chi connectivity index (χ1v) is 8.80. The van der Waals surface area contributed by atoms with E-state index < -0.39 is 16.1 Å². The van der Waals surface area contributed by atoms with E-state index in [0.717, 1.165) is 0 Å². The molecule has 2 aromatic rings. The first kappa shape index (κ1) is 16.3. The summed E-state index contributed by atoms with van der Waals surface area (Å²) in [5.41, 5.74) is 0.121. The number of rotatable bonds is 4. The van der Waals surface area contributed by atoms with Crippen LogP contribution in [0.2, 0.25) is 0 Å². The van der Waals surface area contributed by atoms with Crippen LogP contribution in [0.25, 0.3) is 0 Å². The standard InChI is InChI=1S/C17H16N2O4S/c1-19(24(20,21)17-9-5-2-6-13(17)10-18)11-14-12-22-15-7-3-4-8-16(15)23-14/h2-9,14H,11-12H2,1H3/t14-/m0/s1. The third-order valence-corrected chi connectivity index (χ3v) is 5.61. The Morgan fingerprint density at radius 1 is 1.17 bits per heavy atom. The number of nitriles is 1. The van der Waals surface area contributed by atoms with Crippen LogP contribution < -0.4 is 9.47 Å². The minimum absolute atomic E-state index is 0.00729. The third kappa shape index (κ3) is 3.07. The molecule has 0 radical (unpaired) electrons. The summed E-state index contributed by atoms with van der Waals surface area (Å²) in [7, 11) is -2.32. The smallest absolute Gasteiger partial charge is 0.244 e. The van der Waals surface area contributed by atoms with Gasteiger partial charge in [0.2, 0.25) is 10.0 Å². The van der Waals surface area contributed by atoms with E-state index in [4.69, 9.17) is 14.7 Å². The molecule has 1 heterocycles. The summed E-state index contributed by atoms with van der Waals surface area (Å²) >= 11 is 0. The van der Waals surface area contributed by atoms with Gasteiger partial charge in [0.25, 0.3) is 0 Å². The highest BCUT2D eigenvalue weighted by Crippen LogP contribution is 2.31. The van der Waals surface area contributed by atoms with Crippen molar-refractivity contribution in [2.45, 2.75) is 11.0 Å². The topological polar surface area (TPSA) is 79.6 Å². The van der Waals surface area contributed by atoms with E-state index in [2.05, 4.69) is 0 Å². The SMILES string of the molecule is CN(C[C@H]1COc2ccccc2O1)S(=O)(=O)c1ccccc1C#N. The second-order valence-corrected chi connectivity index (χ2v) is 7.40. The van der Waals surface area contributed by atoms with Crippen LogP contribution in [-0.2, 0) is 10.0 Å². The summed E-state index contributed by atoms with van der Waals surface area (Å²) in [6, 6.07) is 15.3. The molecule has 24 heavy (non-hydrogen) atoms. The lowest BCUT2D eigenvalue weighted by atomic mass is 10.2. The number of ether oxygens (including phenoxy) is 2. The van der Waals surface area contributed by atoms with Crippen LogP contribution >= 0.6 is 0 Å². The van der Waals surface area contributed by atoms with Gasteiger partial charge in [0.1, 0.15) is 18.8 Å².